The minimum Gasteiger partial charge on any atom is -0.492 e. The summed E-state index contributed by atoms with van der Waals surface area (Å²) in [6.07, 6.45) is 0. The second-order valence-corrected chi connectivity index (χ2v) is 4.52. The molecule has 0 saturated carbocycles. The maximum atomic E-state index is 12.2. The van der Waals surface area contributed by atoms with Gasteiger partial charge in [0.05, 0.1) is 12.3 Å². The topological polar surface area (TPSA) is 70.7 Å². The van der Waals surface area contributed by atoms with E-state index in [9.17, 15) is 9.59 Å². The molecule has 1 fully saturated rings. The number of imide groups is 1. The Labute approximate surface area is 118 Å². The number of rotatable bonds is 5. The minimum absolute atomic E-state index is 0.244. The lowest BCUT2D eigenvalue weighted by molar-refractivity contribution is -0.128. The van der Waals surface area contributed by atoms with Crippen molar-refractivity contribution in [2.24, 2.45) is 0 Å². The third kappa shape index (κ3) is 3.01. The fourth-order valence-corrected chi connectivity index (χ4v) is 2.08. The van der Waals surface area contributed by atoms with Gasteiger partial charge in [-0.1, -0.05) is 12.1 Å². The summed E-state index contributed by atoms with van der Waals surface area (Å²) in [4.78, 5) is 24.9. The van der Waals surface area contributed by atoms with Crippen LogP contribution in [0.25, 0.3) is 0 Å². The number of ether oxygens (including phenoxy) is 1. The zero-order valence-electron chi connectivity index (χ0n) is 11.7. The number of urea groups is 1. The Morgan fingerprint density at radius 1 is 1.50 bits per heavy atom. The van der Waals surface area contributed by atoms with Crippen molar-refractivity contribution in [3.8, 4) is 5.75 Å². The molecule has 108 valence electrons. The highest BCUT2D eigenvalue weighted by Gasteiger charge is 2.29. The molecule has 1 aliphatic heterocycles. The van der Waals surface area contributed by atoms with E-state index in [1.54, 1.807) is 6.92 Å². The first-order valence-corrected chi connectivity index (χ1v) is 6.71. The van der Waals surface area contributed by atoms with E-state index in [1.165, 1.54) is 4.90 Å². The number of hydrogen-bond acceptors (Lipinski definition) is 4. The van der Waals surface area contributed by atoms with Crippen LogP contribution in [0.3, 0.4) is 0 Å². The minimum atomic E-state index is -0.500. The van der Waals surface area contributed by atoms with Crippen LogP contribution >= 0.6 is 0 Å². The number of nitrogens with one attached hydrogen (secondary N) is 2. The Bertz CT molecular complexity index is 504. The molecule has 1 atom stereocenters. The van der Waals surface area contributed by atoms with Gasteiger partial charge in [0.15, 0.2) is 0 Å². The van der Waals surface area contributed by atoms with Crippen LogP contribution in [-0.2, 0) is 4.79 Å². The summed E-state index contributed by atoms with van der Waals surface area (Å²) < 4.78 is 5.50. The van der Waals surface area contributed by atoms with Crippen LogP contribution in [-0.4, -0.2) is 42.6 Å². The Hall–Kier alpha value is -2.24. The van der Waals surface area contributed by atoms with E-state index >= 15 is 0 Å². The Morgan fingerprint density at radius 3 is 2.90 bits per heavy atom. The van der Waals surface area contributed by atoms with Crippen LogP contribution < -0.4 is 15.4 Å². The lowest BCUT2D eigenvalue weighted by Crippen LogP contribution is -2.43. The van der Waals surface area contributed by atoms with Gasteiger partial charge in [-0.3, -0.25) is 9.69 Å². The van der Waals surface area contributed by atoms with E-state index in [0.29, 0.717) is 25.4 Å². The number of benzene rings is 1. The maximum absolute atomic E-state index is 12.2. The number of nitrogens with zero attached hydrogens (tertiary/aromatic N) is 1. The summed E-state index contributed by atoms with van der Waals surface area (Å²) >= 11 is 0. The zero-order chi connectivity index (χ0) is 14.5. The fraction of sp³-hybridized carbons (Fsp3) is 0.429. The summed E-state index contributed by atoms with van der Waals surface area (Å²) in [6, 6.07) is 6.59. The number of carbonyl (C=O) groups excluding carboxylic acids is 2. The first kappa shape index (κ1) is 14.2. The highest BCUT2D eigenvalue weighted by atomic mass is 16.5. The molecule has 6 nitrogen and oxygen atoms in total. The first-order valence-electron chi connectivity index (χ1n) is 6.71. The molecular formula is C14H19N3O3. The zero-order valence-corrected chi connectivity index (χ0v) is 11.7. The summed E-state index contributed by atoms with van der Waals surface area (Å²) in [7, 11) is 0. The van der Waals surface area contributed by atoms with Crippen molar-refractivity contribution >= 4 is 17.6 Å². The smallest absolute Gasteiger partial charge is 0.324 e. The van der Waals surface area contributed by atoms with Crippen molar-refractivity contribution in [1.29, 1.82) is 0 Å². The molecule has 1 aromatic rings. The van der Waals surface area contributed by atoms with Crippen molar-refractivity contribution in [1.82, 2.24) is 10.2 Å². The predicted octanol–water partition coefficient (Wildman–Crippen LogP) is 1.44. The lowest BCUT2D eigenvalue weighted by atomic mass is 10.2. The molecular weight excluding hydrogens is 258 g/mol. The first-order chi connectivity index (χ1) is 9.63. The van der Waals surface area contributed by atoms with Crippen molar-refractivity contribution in [2.45, 2.75) is 19.9 Å². The summed E-state index contributed by atoms with van der Waals surface area (Å²) in [5.41, 5.74) is 0.745. The van der Waals surface area contributed by atoms with Gasteiger partial charge in [-0.2, -0.15) is 0 Å². The lowest BCUT2D eigenvalue weighted by Gasteiger charge is -2.21. The van der Waals surface area contributed by atoms with Crippen molar-refractivity contribution in [3.63, 3.8) is 0 Å². The van der Waals surface area contributed by atoms with Crippen molar-refractivity contribution in [3.05, 3.63) is 24.3 Å². The number of hydrogen-bond donors (Lipinski definition) is 2. The molecule has 1 aliphatic rings. The SMILES string of the molecule is CCOc1ccccc1N[C@@H](C)C(=O)N1CCNC1=O. The molecule has 3 amide bonds. The van der Waals surface area contributed by atoms with Gasteiger partial charge in [0, 0.05) is 13.1 Å². The van der Waals surface area contributed by atoms with E-state index in [2.05, 4.69) is 10.6 Å². The molecule has 20 heavy (non-hydrogen) atoms. The Morgan fingerprint density at radius 2 is 2.25 bits per heavy atom. The van der Waals surface area contributed by atoms with Gasteiger partial charge in [0.1, 0.15) is 11.8 Å². The molecule has 0 aromatic heterocycles. The number of amides is 3. The molecule has 0 radical (unpaired) electrons. The third-order valence-corrected chi connectivity index (χ3v) is 3.05. The second-order valence-electron chi connectivity index (χ2n) is 4.52. The predicted molar refractivity (Wildman–Crippen MR) is 75.8 cm³/mol. The molecule has 0 unspecified atom stereocenters. The maximum Gasteiger partial charge on any atom is 0.324 e. The van der Waals surface area contributed by atoms with Crippen LogP contribution in [0, 0.1) is 0 Å². The van der Waals surface area contributed by atoms with Gasteiger partial charge < -0.3 is 15.4 Å². The Balaban J connectivity index is 2.05. The monoisotopic (exact) mass is 277 g/mol. The molecule has 2 rings (SSSR count). The molecule has 0 aliphatic carbocycles. The second kappa shape index (κ2) is 6.27. The van der Waals surface area contributed by atoms with Crippen molar-refractivity contribution < 1.29 is 14.3 Å². The highest BCUT2D eigenvalue weighted by Crippen LogP contribution is 2.24. The van der Waals surface area contributed by atoms with Crippen LogP contribution in [0.4, 0.5) is 10.5 Å². The van der Waals surface area contributed by atoms with Crippen LogP contribution in [0.2, 0.25) is 0 Å². The summed E-state index contributed by atoms with van der Waals surface area (Å²) in [5.74, 6) is 0.451. The Kier molecular flexibility index (Phi) is 4.45. The number of anilines is 1. The molecule has 1 heterocycles. The third-order valence-electron chi connectivity index (χ3n) is 3.05. The average molecular weight is 277 g/mol. The van der Waals surface area contributed by atoms with Crippen molar-refractivity contribution in [2.75, 3.05) is 25.0 Å². The van der Waals surface area contributed by atoms with E-state index in [-0.39, 0.29) is 11.9 Å². The van der Waals surface area contributed by atoms with Gasteiger partial charge in [0.25, 0.3) is 5.91 Å². The van der Waals surface area contributed by atoms with Crippen LogP contribution in [0.15, 0.2) is 24.3 Å². The molecule has 1 aromatic carbocycles. The van der Waals surface area contributed by atoms with Crippen LogP contribution in [0.5, 0.6) is 5.75 Å². The number of para-hydroxylation sites is 2. The number of carbonyl (C=O) groups is 2. The van der Waals surface area contributed by atoms with E-state index in [0.717, 1.165) is 5.69 Å². The van der Waals surface area contributed by atoms with Gasteiger partial charge in [0.2, 0.25) is 0 Å². The van der Waals surface area contributed by atoms with Gasteiger partial charge in [-0.05, 0) is 26.0 Å². The van der Waals surface area contributed by atoms with Gasteiger partial charge in [-0.25, -0.2) is 4.79 Å². The normalized spacial score (nSPS) is 15.7. The molecule has 2 N–H and O–H groups in total. The highest BCUT2D eigenvalue weighted by molar-refractivity contribution is 5.99. The fourth-order valence-electron chi connectivity index (χ4n) is 2.08. The quantitative estimate of drug-likeness (QED) is 0.854. The largest absolute Gasteiger partial charge is 0.492 e. The summed E-state index contributed by atoms with van der Waals surface area (Å²) in [5, 5.41) is 5.71. The van der Waals surface area contributed by atoms with Gasteiger partial charge in [-0.15, -0.1) is 0 Å². The standard InChI is InChI=1S/C14H19N3O3/c1-3-20-12-7-5-4-6-11(12)16-10(2)13(18)17-9-8-15-14(17)19/h4-7,10,16H,3,8-9H2,1-2H3,(H,15,19)/t10-/m0/s1. The van der Waals surface area contributed by atoms with E-state index in [1.807, 2.05) is 31.2 Å². The van der Waals surface area contributed by atoms with E-state index in [4.69, 9.17) is 4.74 Å². The van der Waals surface area contributed by atoms with E-state index < -0.39 is 6.04 Å². The molecule has 0 bridgehead atoms. The molecule has 1 saturated heterocycles. The van der Waals surface area contributed by atoms with Crippen LogP contribution in [0.1, 0.15) is 13.8 Å². The average Bonchev–Trinajstić information content (AvgIpc) is 2.86. The molecule has 0 spiro atoms. The summed E-state index contributed by atoms with van der Waals surface area (Å²) in [6.45, 7) is 5.11. The molecule has 6 heteroatoms. The van der Waals surface area contributed by atoms with Gasteiger partial charge >= 0.3 is 6.03 Å².